The maximum atomic E-state index is 12.0. The molecule has 1 rings (SSSR count). The van der Waals surface area contributed by atoms with E-state index >= 15 is 0 Å². The van der Waals surface area contributed by atoms with Crippen molar-refractivity contribution in [2.24, 2.45) is 0 Å². The molecule has 0 atom stereocenters. The molecule has 0 saturated carbocycles. The average Bonchev–Trinajstić information content (AvgIpc) is 2.59. The van der Waals surface area contributed by atoms with Crippen LogP contribution in [0.15, 0.2) is 0 Å². The minimum atomic E-state index is -3.11. The van der Waals surface area contributed by atoms with Crippen LogP contribution in [-0.2, 0) is 20.0 Å². The third-order valence-electron chi connectivity index (χ3n) is 1.85. The highest BCUT2D eigenvalue weighted by atomic mass is 32.1. The lowest BCUT2D eigenvalue weighted by atomic mass is 10.5. The van der Waals surface area contributed by atoms with E-state index in [1.165, 1.54) is 25.6 Å². The molecule has 0 aromatic carbocycles. The third-order valence-corrected chi connectivity index (χ3v) is 5.68. The lowest BCUT2D eigenvalue weighted by Crippen LogP contribution is -2.06. The monoisotopic (exact) mass is 235 g/mol. The van der Waals surface area contributed by atoms with Crippen molar-refractivity contribution in [3.63, 3.8) is 0 Å². The van der Waals surface area contributed by atoms with Gasteiger partial charge < -0.3 is 9.05 Å². The Labute approximate surface area is 87.8 Å². The van der Waals surface area contributed by atoms with Gasteiger partial charge in [-0.3, -0.25) is 4.57 Å². The maximum Gasteiger partial charge on any atom is 0.372 e. The lowest BCUT2D eigenvalue weighted by Gasteiger charge is -2.11. The van der Waals surface area contributed by atoms with Crippen LogP contribution in [0, 0.1) is 6.92 Å². The molecule has 0 radical (unpaired) electrons. The van der Waals surface area contributed by atoms with Crippen LogP contribution in [0.4, 0.5) is 0 Å². The Morgan fingerprint density at radius 1 is 1.43 bits per heavy atom. The molecule has 0 N–H and O–H groups in total. The van der Waals surface area contributed by atoms with Crippen molar-refractivity contribution in [1.82, 2.24) is 4.98 Å². The zero-order chi connectivity index (χ0) is 10.8. The molecule has 0 aliphatic heterocycles. The Morgan fingerprint density at radius 3 is 2.36 bits per heavy atom. The first-order chi connectivity index (χ1) is 6.57. The summed E-state index contributed by atoms with van der Waals surface area (Å²) >= 11 is 1.39. The number of aryl methyl sites for hydroxylation is 2. The van der Waals surface area contributed by atoms with E-state index in [0.29, 0.717) is 4.62 Å². The fourth-order valence-electron chi connectivity index (χ4n) is 1.09. The molecule has 14 heavy (non-hydrogen) atoms. The zero-order valence-corrected chi connectivity index (χ0v) is 10.4. The van der Waals surface area contributed by atoms with E-state index in [-0.39, 0.29) is 0 Å². The average molecular weight is 235 g/mol. The molecule has 0 spiro atoms. The number of nitrogens with zero attached hydrogens (tertiary/aromatic N) is 1. The largest absolute Gasteiger partial charge is 0.372 e. The Hall–Kier alpha value is -0.220. The zero-order valence-electron chi connectivity index (χ0n) is 8.73. The van der Waals surface area contributed by atoms with E-state index in [2.05, 4.69) is 4.98 Å². The summed E-state index contributed by atoms with van der Waals surface area (Å²) in [6, 6.07) is 0. The van der Waals surface area contributed by atoms with Crippen LogP contribution in [0.3, 0.4) is 0 Å². The standard InChI is InChI=1S/C8H14NO3PS/c1-5-7-9-6(2)8(14-7)13(10,11-3)12-4/h5H2,1-4H3. The van der Waals surface area contributed by atoms with Gasteiger partial charge in [-0.15, -0.1) is 11.3 Å². The summed E-state index contributed by atoms with van der Waals surface area (Å²) in [6.07, 6.45) is 0.832. The third kappa shape index (κ3) is 2.06. The molecule has 0 aliphatic rings. The van der Waals surface area contributed by atoms with Crippen LogP contribution >= 0.6 is 18.9 Å². The molecule has 0 fully saturated rings. The number of rotatable bonds is 4. The van der Waals surface area contributed by atoms with Crippen LogP contribution in [0.25, 0.3) is 0 Å². The highest BCUT2D eigenvalue weighted by Crippen LogP contribution is 2.47. The molecule has 0 unspecified atom stereocenters. The van der Waals surface area contributed by atoms with Crippen molar-refractivity contribution in [2.45, 2.75) is 20.3 Å². The molecular weight excluding hydrogens is 221 g/mol. The number of thiazole rings is 1. The summed E-state index contributed by atoms with van der Waals surface area (Å²) in [7, 11) is -0.339. The summed E-state index contributed by atoms with van der Waals surface area (Å²) in [6.45, 7) is 3.82. The predicted octanol–water partition coefficient (Wildman–Crippen LogP) is 2.13. The molecule has 0 saturated heterocycles. The summed E-state index contributed by atoms with van der Waals surface area (Å²) < 4.78 is 22.5. The molecule has 1 heterocycles. The van der Waals surface area contributed by atoms with Crippen LogP contribution in [0.1, 0.15) is 17.6 Å². The quantitative estimate of drug-likeness (QED) is 0.750. The van der Waals surface area contributed by atoms with Gasteiger partial charge in [-0.1, -0.05) is 6.92 Å². The molecule has 0 amide bonds. The number of hydrogen-bond acceptors (Lipinski definition) is 5. The van der Waals surface area contributed by atoms with Gasteiger partial charge in [0.1, 0.15) is 4.62 Å². The highest BCUT2D eigenvalue weighted by molar-refractivity contribution is 7.68. The van der Waals surface area contributed by atoms with Gasteiger partial charge in [0.05, 0.1) is 10.7 Å². The lowest BCUT2D eigenvalue weighted by molar-refractivity contribution is 0.288. The Balaban J connectivity index is 3.17. The molecule has 80 valence electrons. The van der Waals surface area contributed by atoms with E-state index in [4.69, 9.17) is 9.05 Å². The van der Waals surface area contributed by atoms with Crippen molar-refractivity contribution in [3.05, 3.63) is 10.7 Å². The highest BCUT2D eigenvalue weighted by Gasteiger charge is 2.29. The van der Waals surface area contributed by atoms with Gasteiger partial charge in [-0.2, -0.15) is 0 Å². The summed E-state index contributed by atoms with van der Waals surface area (Å²) in [5, 5.41) is 0.951. The topological polar surface area (TPSA) is 48.4 Å². The molecular formula is C8H14NO3PS. The van der Waals surface area contributed by atoms with Gasteiger partial charge in [0.2, 0.25) is 0 Å². The Morgan fingerprint density at radius 2 is 2.00 bits per heavy atom. The van der Waals surface area contributed by atoms with Gasteiger partial charge in [-0.05, 0) is 13.3 Å². The van der Waals surface area contributed by atoms with Crippen LogP contribution in [-0.4, -0.2) is 19.2 Å². The van der Waals surface area contributed by atoms with E-state index in [9.17, 15) is 4.57 Å². The molecule has 0 aliphatic carbocycles. The molecule has 4 nitrogen and oxygen atoms in total. The fraction of sp³-hybridized carbons (Fsp3) is 0.625. The summed E-state index contributed by atoms with van der Waals surface area (Å²) in [5.74, 6) is 0. The molecule has 1 aromatic rings. The second-order valence-electron chi connectivity index (χ2n) is 2.71. The molecule has 6 heteroatoms. The first-order valence-electron chi connectivity index (χ1n) is 4.25. The first-order valence-corrected chi connectivity index (χ1v) is 6.61. The smallest absolute Gasteiger partial charge is 0.308 e. The Kier molecular flexibility index (Phi) is 3.84. The van der Waals surface area contributed by atoms with E-state index < -0.39 is 7.60 Å². The van der Waals surface area contributed by atoms with Gasteiger partial charge in [-0.25, -0.2) is 4.98 Å². The van der Waals surface area contributed by atoms with Crippen molar-refractivity contribution in [1.29, 1.82) is 0 Å². The Bertz CT molecular complexity index is 355. The van der Waals surface area contributed by atoms with E-state index in [1.54, 1.807) is 0 Å². The minimum Gasteiger partial charge on any atom is -0.308 e. The van der Waals surface area contributed by atoms with Crippen molar-refractivity contribution in [2.75, 3.05) is 14.2 Å². The van der Waals surface area contributed by atoms with Crippen molar-refractivity contribution < 1.29 is 13.6 Å². The predicted molar refractivity (Wildman–Crippen MR) is 57.5 cm³/mol. The fourth-order valence-corrected chi connectivity index (χ4v) is 3.97. The van der Waals surface area contributed by atoms with Gasteiger partial charge >= 0.3 is 7.60 Å². The number of hydrogen-bond donors (Lipinski definition) is 0. The van der Waals surface area contributed by atoms with Crippen molar-refractivity contribution >= 4 is 23.6 Å². The van der Waals surface area contributed by atoms with Crippen LogP contribution in [0.2, 0.25) is 0 Å². The van der Waals surface area contributed by atoms with Gasteiger partial charge in [0, 0.05) is 14.2 Å². The number of aromatic nitrogens is 1. The second-order valence-corrected chi connectivity index (χ2v) is 6.27. The molecule has 0 bridgehead atoms. The van der Waals surface area contributed by atoms with E-state index in [0.717, 1.165) is 17.1 Å². The van der Waals surface area contributed by atoms with Crippen molar-refractivity contribution in [3.8, 4) is 0 Å². The minimum absolute atomic E-state index is 0.611. The maximum absolute atomic E-state index is 12.0. The summed E-state index contributed by atoms with van der Waals surface area (Å²) in [5.41, 5.74) is 0.735. The molecule has 1 aromatic heterocycles. The SMILES string of the molecule is CCc1nc(C)c(P(=O)(OC)OC)s1. The van der Waals surface area contributed by atoms with Gasteiger partial charge in [0.15, 0.2) is 0 Å². The first kappa shape index (κ1) is 11.9. The van der Waals surface area contributed by atoms with Crippen LogP contribution < -0.4 is 4.62 Å². The van der Waals surface area contributed by atoms with Crippen LogP contribution in [0.5, 0.6) is 0 Å². The van der Waals surface area contributed by atoms with E-state index in [1.807, 2.05) is 13.8 Å². The summed E-state index contributed by atoms with van der Waals surface area (Å²) in [4.78, 5) is 4.28. The second kappa shape index (κ2) is 4.53. The van der Waals surface area contributed by atoms with Gasteiger partial charge in [0.25, 0.3) is 0 Å². The normalized spacial score (nSPS) is 12.0.